The molecule has 1 aliphatic rings. The standard InChI is InChI=1S/C19H30O4/c1-2-8-16(20)13-11-15-12-14-18(21)17(15)9-6-4-3-5-7-10-19(22)23/h11,13,15,17H,2-10,12,14H2,1H3,(H,22,23). The molecule has 0 amide bonds. The average Bonchev–Trinajstić information content (AvgIpc) is 2.85. The van der Waals surface area contributed by atoms with Crippen molar-refractivity contribution in [2.45, 2.75) is 77.6 Å². The normalized spacial score (nSPS) is 21.2. The largest absolute Gasteiger partial charge is 0.481 e. The Morgan fingerprint density at radius 3 is 2.52 bits per heavy atom. The molecular weight excluding hydrogens is 292 g/mol. The number of Topliss-reactive ketones (excluding diaryl/α,β-unsaturated/α-hetero) is 1. The fourth-order valence-electron chi connectivity index (χ4n) is 3.27. The van der Waals surface area contributed by atoms with Gasteiger partial charge in [0, 0.05) is 25.2 Å². The van der Waals surface area contributed by atoms with Gasteiger partial charge in [-0.1, -0.05) is 38.7 Å². The molecule has 1 aliphatic carbocycles. The van der Waals surface area contributed by atoms with Crippen molar-refractivity contribution in [1.82, 2.24) is 0 Å². The Morgan fingerprint density at radius 1 is 1.13 bits per heavy atom. The monoisotopic (exact) mass is 322 g/mol. The van der Waals surface area contributed by atoms with Gasteiger partial charge in [-0.3, -0.25) is 14.4 Å². The van der Waals surface area contributed by atoms with Gasteiger partial charge >= 0.3 is 5.97 Å². The van der Waals surface area contributed by atoms with E-state index >= 15 is 0 Å². The van der Waals surface area contributed by atoms with E-state index < -0.39 is 5.97 Å². The first-order valence-electron chi connectivity index (χ1n) is 9.00. The number of carboxylic acids is 1. The van der Waals surface area contributed by atoms with Crippen molar-refractivity contribution in [3.8, 4) is 0 Å². The Kier molecular flexibility index (Phi) is 9.49. The molecule has 23 heavy (non-hydrogen) atoms. The maximum atomic E-state index is 12.0. The number of ketones is 2. The van der Waals surface area contributed by atoms with Crippen LogP contribution in [0, 0.1) is 11.8 Å². The first kappa shape index (κ1) is 19.6. The topological polar surface area (TPSA) is 71.4 Å². The van der Waals surface area contributed by atoms with Crippen LogP contribution in [0.3, 0.4) is 0 Å². The lowest BCUT2D eigenvalue weighted by Crippen LogP contribution is -2.13. The van der Waals surface area contributed by atoms with E-state index in [0.29, 0.717) is 18.6 Å². The molecule has 0 aromatic heterocycles. The fraction of sp³-hybridized carbons (Fsp3) is 0.737. The molecular formula is C19H30O4. The van der Waals surface area contributed by atoms with E-state index in [0.717, 1.165) is 51.4 Å². The Hall–Kier alpha value is -1.45. The van der Waals surface area contributed by atoms with Gasteiger partial charge in [0.25, 0.3) is 0 Å². The van der Waals surface area contributed by atoms with Gasteiger partial charge < -0.3 is 5.11 Å². The van der Waals surface area contributed by atoms with Crippen LogP contribution in [0.25, 0.3) is 0 Å². The SMILES string of the molecule is CCCC(=O)C=CC1CCC(=O)C1CCCCCCCC(=O)O. The lowest BCUT2D eigenvalue weighted by atomic mass is 9.89. The third kappa shape index (κ3) is 8.10. The number of rotatable bonds is 12. The van der Waals surface area contributed by atoms with Crippen LogP contribution in [0.2, 0.25) is 0 Å². The van der Waals surface area contributed by atoms with Crippen molar-refractivity contribution >= 4 is 17.5 Å². The minimum Gasteiger partial charge on any atom is -0.481 e. The van der Waals surface area contributed by atoms with Crippen molar-refractivity contribution in [1.29, 1.82) is 0 Å². The lowest BCUT2D eigenvalue weighted by molar-refractivity contribution is -0.137. The molecule has 0 radical (unpaired) electrons. The number of carbonyl (C=O) groups excluding carboxylic acids is 2. The van der Waals surface area contributed by atoms with E-state index in [2.05, 4.69) is 0 Å². The summed E-state index contributed by atoms with van der Waals surface area (Å²) in [6.07, 6.45) is 12.5. The minimum absolute atomic E-state index is 0.0831. The second-order valence-electron chi connectivity index (χ2n) is 6.55. The van der Waals surface area contributed by atoms with Gasteiger partial charge in [0.05, 0.1) is 0 Å². The van der Waals surface area contributed by atoms with Crippen LogP contribution >= 0.6 is 0 Å². The summed E-state index contributed by atoms with van der Waals surface area (Å²) in [6, 6.07) is 0. The minimum atomic E-state index is -0.728. The third-order valence-corrected chi connectivity index (χ3v) is 4.59. The average molecular weight is 322 g/mol. The Labute approximate surface area is 139 Å². The van der Waals surface area contributed by atoms with E-state index in [1.807, 2.05) is 13.0 Å². The van der Waals surface area contributed by atoms with Crippen LogP contribution in [-0.4, -0.2) is 22.6 Å². The van der Waals surface area contributed by atoms with Crippen LogP contribution < -0.4 is 0 Å². The Bertz CT molecular complexity index is 425. The maximum Gasteiger partial charge on any atom is 0.303 e. The molecule has 0 spiro atoms. The van der Waals surface area contributed by atoms with E-state index in [1.165, 1.54) is 0 Å². The molecule has 130 valence electrons. The lowest BCUT2D eigenvalue weighted by Gasteiger charge is -2.14. The fourth-order valence-corrected chi connectivity index (χ4v) is 3.27. The second-order valence-corrected chi connectivity index (χ2v) is 6.55. The molecule has 0 aromatic carbocycles. The molecule has 2 unspecified atom stereocenters. The molecule has 1 fully saturated rings. The highest BCUT2D eigenvalue weighted by molar-refractivity contribution is 5.90. The van der Waals surface area contributed by atoms with Crippen LogP contribution in [0.15, 0.2) is 12.2 Å². The number of carboxylic acid groups (broad SMARTS) is 1. The predicted molar refractivity (Wildman–Crippen MR) is 90.2 cm³/mol. The molecule has 0 aromatic rings. The number of carbonyl (C=O) groups is 3. The van der Waals surface area contributed by atoms with E-state index in [4.69, 9.17) is 5.11 Å². The second kappa shape index (κ2) is 11.1. The van der Waals surface area contributed by atoms with Crippen LogP contribution in [0.5, 0.6) is 0 Å². The highest BCUT2D eigenvalue weighted by atomic mass is 16.4. The first-order valence-corrected chi connectivity index (χ1v) is 9.00. The number of aliphatic carboxylic acids is 1. The number of unbranched alkanes of at least 4 members (excludes halogenated alkanes) is 4. The summed E-state index contributed by atoms with van der Waals surface area (Å²) in [5.74, 6) is 0.0845. The summed E-state index contributed by atoms with van der Waals surface area (Å²) in [7, 11) is 0. The number of hydrogen-bond acceptors (Lipinski definition) is 3. The van der Waals surface area contributed by atoms with Gasteiger partial charge in [-0.05, 0) is 37.7 Å². The summed E-state index contributed by atoms with van der Waals surface area (Å²) in [4.78, 5) is 34.0. The molecule has 0 saturated heterocycles. The quantitative estimate of drug-likeness (QED) is 0.429. The van der Waals surface area contributed by atoms with Crippen molar-refractivity contribution in [2.75, 3.05) is 0 Å². The summed E-state index contributed by atoms with van der Waals surface area (Å²) < 4.78 is 0. The Morgan fingerprint density at radius 2 is 1.83 bits per heavy atom. The zero-order valence-electron chi connectivity index (χ0n) is 14.3. The number of allylic oxidation sites excluding steroid dienone is 2. The molecule has 1 rings (SSSR count). The van der Waals surface area contributed by atoms with Gasteiger partial charge in [-0.25, -0.2) is 0 Å². The molecule has 4 nitrogen and oxygen atoms in total. The van der Waals surface area contributed by atoms with Gasteiger partial charge in [0.15, 0.2) is 5.78 Å². The van der Waals surface area contributed by atoms with Crippen molar-refractivity contribution < 1.29 is 19.5 Å². The molecule has 1 saturated carbocycles. The Balaban J connectivity index is 2.25. The van der Waals surface area contributed by atoms with Gasteiger partial charge in [-0.15, -0.1) is 0 Å². The van der Waals surface area contributed by atoms with Crippen LogP contribution in [0.4, 0.5) is 0 Å². The first-order chi connectivity index (χ1) is 11.0. The third-order valence-electron chi connectivity index (χ3n) is 4.59. The van der Waals surface area contributed by atoms with Crippen molar-refractivity contribution in [2.24, 2.45) is 11.8 Å². The maximum absolute atomic E-state index is 12.0. The zero-order chi connectivity index (χ0) is 17.1. The van der Waals surface area contributed by atoms with Gasteiger partial charge in [0.2, 0.25) is 0 Å². The van der Waals surface area contributed by atoms with E-state index in [-0.39, 0.29) is 24.0 Å². The zero-order valence-corrected chi connectivity index (χ0v) is 14.3. The molecule has 1 N–H and O–H groups in total. The van der Waals surface area contributed by atoms with Crippen LogP contribution in [-0.2, 0) is 14.4 Å². The summed E-state index contributed by atoms with van der Waals surface area (Å²) in [6.45, 7) is 1.99. The van der Waals surface area contributed by atoms with E-state index in [9.17, 15) is 14.4 Å². The van der Waals surface area contributed by atoms with Crippen molar-refractivity contribution in [3.05, 3.63) is 12.2 Å². The highest BCUT2D eigenvalue weighted by Crippen LogP contribution is 2.33. The summed E-state index contributed by atoms with van der Waals surface area (Å²) in [5, 5.41) is 8.57. The summed E-state index contributed by atoms with van der Waals surface area (Å²) in [5.41, 5.74) is 0. The number of hydrogen-bond donors (Lipinski definition) is 1. The molecule has 0 aliphatic heterocycles. The summed E-state index contributed by atoms with van der Waals surface area (Å²) >= 11 is 0. The van der Waals surface area contributed by atoms with Gasteiger partial charge in [-0.2, -0.15) is 0 Å². The van der Waals surface area contributed by atoms with E-state index in [1.54, 1.807) is 6.08 Å². The highest BCUT2D eigenvalue weighted by Gasteiger charge is 2.32. The van der Waals surface area contributed by atoms with Gasteiger partial charge in [0.1, 0.15) is 5.78 Å². The molecule has 4 heteroatoms. The van der Waals surface area contributed by atoms with Crippen LogP contribution in [0.1, 0.15) is 77.6 Å². The molecule has 2 atom stereocenters. The predicted octanol–water partition coefficient (Wildman–Crippen LogP) is 4.32. The molecule has 0 bridgehead atoms. The van der Waals surface area contributed by atoms with Crippen molar-refractivity contribution in [3.63, 3.8) is 0 Å². The molecule has 0 heterocycles. The smallest absolute Gasteiger partial charge is 0.303 e.